The fourth-order valence-corrected chi connectivity index (χ4v) is 4.86. The molecular weight excluding hydrogens is 382 g/mol. The molecule has 4 nitrogen and oxygen atoms in total. The number of carbonyl (C=O) groups is 1. The summed E-state index contributed by atoms with van der Waals surface area (Å²) in [6.45, 7) is 9.20. The molecule has 0 aromatic rings. The van der Waals surface area contributed by atoms with Crippen LogP contribution in [0.15, 0.2) is 24.6 Å². The third kappa shape index (κ3) is 11.2. The molecule has 0 saturated heterocycles. The highest BCUT2D eigenvalue weighted by atomic mass is 16.1. The molecule has 0 aliphatic carbocycles. The van der Waals surface area contributed by atoms with Crippen LogP contribution in [-0.4, -0.2) is 29.3 Å². The van der Waals surface area contributed by atoms with Crippen molar-refractivity contribution in [1.29, 1.82) is 0 Å². The van der Waals surface area contributed by atoms with Gasteiger partial charge in [0.1, 0.15) is 6.20 Å². The standard InChI is InChI=1S/C27H51N3O/c1-5-7-8-9-10-11-12-13-14-15-16-17-18-19-20-21-22-27-28-23-24-30(27,6-2)25(3)29-26(4)31/h10-11,23-25,27-28H,5-9,12-22H2,1-4H3/p+1/b11-10+. The first kappa shape index (κ1) is 27.7. The molecule has 1 heterocycles. The first-order chi connectivity index (χ1) is 15.1. The van der Waals surface area contributed by atoms with E-state index in [1.807, 2.05) is 0 Å². The van der Waals surface area contributed by atoms with E-state index in [4.69, 9.17) is 0 Å². The van der Waals surface area contributed by atoms with Crippen LogP contribution in [0.2, 0.25) is 0 Å². The van der Waals surface area contributed by atoms with Crippen LogP contribution in [-0.2, 0) is 4.79 Å². The molecule has 1 amide bonds. The lowest BCUT2D eigenvalue weighted by atomic mass is 10.0. The highest BCUT2D eigenvalue weighted by molar-refractivity contribution is 5.72. The van der Waals surface area contributed by atoms with Gasteiger partial charge in [0, 0.05) is 20.3 Å². The second-order valence-corrected chi connectivity index (χ2v) is 9.41. The van der Waals surface area contributed by atoms with Gasteiger partial charge in [-0.2, -0.15) is 0 Å². The molecule has 0 bridgehead atoms. The zero-order valence-corrected chi connectivity index (χ0v) is 21.1. The van der Waals surface area contributed by atoms with Crippen LogP contribution in [0.5, 0.6) is 0 Å². The summed E-state index contributed by atoms with van der Waals surface area (Å²) in [5.41, 5.74) is 0. The summed E-state index contributed by atoms with van der Waals surface area (Å²) in [7, 11) is 0. The molecule has 0 aromatic heterocycles. The summed E-state index contributed by atoms with van der Waals surface area (Å²) >= 11 is 0. The Hall–Kier alpha value is -1.29. The molecule has 0 spiro atoms. The largest absolute Gasteiger partial charge is 0.338 e. The molecule has 4 heteroatoms. The zero-order valence-electron chi connectivity index (χ0n) is 21.1. The average molecular weight is 435 g/mol. The number of quaternary nitrogens is 1. The normalized spacial score (nSPS) is 21.5. The van der Waals surface area contributed by atoms with Crippen molar-refractivity contribution in [1.82, 2.24) is 10.6 Å². The van der Waals surface area contributed by atoms with Crippen molar-refractivity contribution in [3.63, 3.8) is 0 Å². The maximum Gasteiger partial charge on any atom is 0.221 e. The fourth-order valence-electron chi connectivity index (χ4n) is 4.86. The van der Waals surface area contributed by atoms with Crippen LogP contribution >= 0.6 is 0 Å². The van der Waals surface area contributed by atoms with Gasteiger partial charge < -0.3 is 10.6 Å². The van der Waals surface area contributed by atoms with Gasteiger partial charge in [0.25, 0.3) is 0 Å². The third-order valence-electron chi connectivity index (χ3n) is 6.89. The molecule has 1 rings (SSSR count). The van der Waals surface area contributed by atoms with Gasteiger partial charge in [-0.3, -0.25) is 9.28 Å². The van der Waals surface area contributed by atoms with Crippen molar-refractivity contribution in [3.05, 3.63) is 24.6 Å². The molecule has 0 fully saturated rings. The van der Waals surface area contributed by atoms with Crippen molar-refractivity contribution in [2.45, 2.75) is 136 Å². The zero-order chi connectivity index (χ0) is 22.8. The van der Waals surface area contributed by atoms with Crippen LogP contribution in [0.25, 0.3) is 0 Å². The van der Waals surface area contributed by atoms with E-state index in [1.54, 1.807) is 6.92 Å². The van der Waals surface area contributed by atoms with Gasteiger partial charge in [0.05, 0.1) is 12.7 Å². The Bertz CT molecular complexity index is 517. The van der Waals surface area contributed by atoms with Gasteiger partial charge in [-0.05, 0) is 39.0 Å². The van der Waals surface area contributed by atoms with Crippen LogP contribution < -0.4 is 10.6 Å². The van der Waals surface area contributed by atoms with Crippen LogP contribution in [0.4, 0.5) is 0 Å². The smallest absolute Gasteiger partial charge is 0.221 e. The van der Waals surface area contributed by atoms with Gasteiger partial charge in [0.15, 0.2) is 12.3 Å². The number of nitrogens with one attached hydrogen (secondary N) is 2. The Labute approximate surface area is 193 Å². The highest BCUT2D eigenvalue weighted by Gasteiger charge is 2.41. The van der Waals surface area contributed by atoms with Crippen molar-refractivity contribution in [3.8, 4) is 0 Å². The predicted molar refractivity (Wildman–Crippen MR) is 134 cm³/mol. The molecule has 2 N–H and O–H groups in total. The average Bonchev–Trinajstić information content (AvgIpc) is 3.17. The number of hydrogen-bond donors (Lipinski definition) is 2. The molecule has 3 atom stereocenters. The molecule has 1 aliphatic rings. The summed E-state index contributed by atoms with van der Waals surface area (Å²) in [5.74, 6) is 0.0522. The van der Waals surface area contributed by atoms with E-state index < -0.39 is 0 Å². The Morgan fingerprint density at radius 3 is 2.03 bits per heavy atom. The van der Waals surface area contributed by atoms with E-state index in [9.17, 15) is 4.79 Å². The lowest BCUT2D eigenvalue weighted by Gasteiger charge is -2.41. The maximum absolute atomic E-state index is 11.5. The first-order valence-corrected chi connectivity index (χ1v) is 13.3. The summed E-state index contributed by atoms with van der Waals surface area (Å²) in [6.07, 6.45) is 29.6. The molecule has 0 radical (unpaired) electrons. The first-order valence-electron chi connectivity index (χ1n) is 13.3. The molecular formula is C27H52N3O+. The SMILES string of the molecule is CCCCC/C=C/CCCCCCCCCCCC1NC=C[N+]1(CC)C(C)NC(C)=O. The summed E-state index contributed by atoms with van der Waals surface area (Å²) in [4.78, 5) is 11.5. The quantitative estimate of drug-likeness (QED) is 0.129. The molecule has 0 saturated carbocycles. The van der Waals surface area contributed by atoms with Crippen LogP contribution in [0.1, 0.15) is 124 Å². The number of carbonyl (C=O) groups excluding carboxylic acids is 1. The van der Waals surface area contributed by atoms with E-state index in [-0.39, 0.29) is 12.1 Å². The Morgan fingerprint density at radius 2 is 1.48 bits per heavy atom. The minimum absolute atomic E-state index is 0.0522. The predicted octanol–water partition coefficient (Wildman–Crippen LogP) is 7.13. The van der Waals surface area contributed by atoms with Crippen molar-refractivity contribution in [2.24, 2.45) is 0 Å². The Morgan fingerprint density at radius 1 is 0.935 bits per heavy atom. The molecule has 0 aromatic carbocycles. The topological polar surface area (TPSA) is 41.1 Å². The van der Waals surface area contributed by atoms with E-state index in [0.29, 0.717) is 6.17 Å². The van der Waals surface area contributed by atoms with Crippen molar-refractivity contribution in [2.75, 3.05) is 6.54 Å². The highest BCUT2D eigenvalue weighted by Crippen LogP contribution is 2.26. The second kappa shape index (κ2) is 17.3. The number of allylic oxidation sites excluding steroid dienone is 2. The summed E-state index contributed by atoms with van der Waals surface area (Å²) in [5, 5.41) is 6.64. The van der Waals surface area contributed by atoms with Gasteiger partial charge in [0.2, 0.25) is 5.91 Å². The van der Waals surface area contributed by atoms with Crippen molar-refractivity contribution >= 4 is 5.91 Å². The Kier molecular flexibility index (Phi) is 15.5. The maximum atomic E-state index is 11.5. The molecule has 1 aliphatic heterocycles. The lowest BCUT2D eigenvalue weighted by molar-refractivity contribution is -0.923. The fraction of sp³-hybridized carbons (Fsp3) is 0.815. The Balaban J connectivity index is 2.02. The van der Waals surface area contributed by atoms with Crippen molar-refractivity contribution < 1.29 is 9.28 Å². The molecule has 3 unspecified atom stereocenters. The van der Waals surface area contributed by atoms with Gasteiger partial charge in [-0.15, -0.1) is 0 Å². The minimum Gasteiger partial charge on any atom is -0.338 e. The third-order valence-corrected chi connectivity index (χ3v) is 6.89. The number of rotatable bonds is 19. The second-order valence-electron chi connectivity index (χ2n) is 9.41. The van der Waals surface area contributed by atoms with Gasteiger partial charge in [-0.1, -0.05) is 76.9 Å². The molecule has 31 heavy (non-hydrogen) atoms. The van der Waals surface area contributed by atoms with Crippen LogP contribution in [0.3, 0.4) is 0 Å². The van der Waals surface area contributed by atoms with Gasteiger partial charge in [-0.25, -0.2) is 0 Å². The molecule has 180 valence electrons. The van der Waals surface area contributed by atoms with Gasteiger partial charge >= 0.3 is 0 Å². The summed E-state index contributed by atoms with van der Waals surface area (Å²) in [6, 6.07) is 0. The van der Waals surface area contributed by atoms with E-state index in [1.165, 1.54) is 89.9 Å². The van der Waals surface area contributed by atoms with E-state index >= 15 is 0 Å². The number of nitrogens with zero attached hydrogens (tertiary/aromatic N) is 1. The summed E-state index contributed by atoms with van der Waals surface area (Å²) < 4.78 is 0.813. The number of hydrogen-bond acceptors (Lipinski definition) is 2. The van der Waals surface area contributed by atoms with E-state index in [0.717, 1.165) is 17.4 Å². The van der Waals surface area contributed by atoms with Crippen LogP contribution in [0, 0.1) is 0 Å². The monoisotopic (exact) mass is 434 g/mol. The lowest BCUT2D eigenvalue weighted by Crippen LogP contribution is -2.62. The minimum atomic E-state index is 0.0522. The number of unbranched alkanes of at least 4 members (excludes halogenated alkanes) is 12. The number of amides is 1. The van der Waals surface area contributed by atoms with E-state index in [2.05, 4.69) is 56.0 Å².